The van der Waals surface area contributed by atoms with Crippen LogP contribution in [0.3, 0.4) is 0 Å². The second-order valence-corrected chi connectivity index (χ2v) is 7.44. The van der Waals surface area contributed by atoms with Crippen LogP contribution in [0.25, 0.3) is 10.2 Å². The number of halogens is 1. The minimum absolute atomic E-state index is 0.0126. The molecule has 1 aliphatic carbocycles. The Hall–Kier alpha value is -1.91. The molecule has 116 valence electrons. The molecule has 2 aromatic carbocycles. The summed E-state index contributed by atoms with van der Waals surface area (Å²) >= 11 is 7.79. The molecule has 1 heterocycles. The molecule has 1 amide bonds. The number of nitrogens with one attached hydrogen (secondary N) is 1. The first kappa shape index (κ1) is 14.7. The predicted molar refractivity (Wildman–Crippen MR) is 95.4 cm³/mol. The fraction of sp³-hybridized carbons (Fsp3) is 0.222. The molecule has 5 heteroatoms. The molecule has 0 spiro atoms. The largest absolute Gasteiger partial charge is 0.301 e. The fourth-order valence-electron chi connectivity index (χ4n) is 2.90. The normalized spacial score (nSPS) is 15.6. The van der Waals surface area contributed by atoms with Crippen molar-refractivity contribution < 1.29 is 4.79 Å². The van der Waals surface area contributed by atoms with Gasteiger partial charge in [-0.15, -0.1) is 0 Å². The summed E-state index contributed by atoms with van der Waals surface area (Å²) in [6.07, 6.45) is 1.65. The zero-order valence-corrected chi connectivity index (χ0v) is 14.2. The number of fused-ring (bicyclic) bond motifs is 1. The van der Waals surface area contributed by atoms with E-state index in [1.807, 2.05) is 43.3 Å². The van der Waals surface area contributed by atoms with Crippen LogP contribution in [-0.2, 0) is 10.2 Å². The smallest absolute Gasteiger partial charge is 0.236 e. The van der Waals surface area contributed by atoms with E-state index in [0.717, 1.165) is 28.6 Å². The minimum atomic E-state index is -0.494. The molecule has 0 radical (unpaired) electrons. The molecule has 1 aromatic heterocycles. The van der Waals surface area contributed by atoms with Crippen molar-refractivity contribution in [3.05, 3.63) is 58.6 Å². The molecule has 3 nitrogen and oxygen atoms in total. The number of amides is 1. The first-order valence-corrected chi connectivity index (χ1v) is 8.72. The standard InChI is InChI=1S/C18H15ClN2OS/c1-11-6-7-14-15(10-11)23-17(20-14)21-16(22)18(8-9-18)12-4-2-3-5-13(12)19/h2-7,10H,8-9H2,1H3,(H,20,21,22). The van der Waals surface area contributed by atoms with Crippen molar-refractivity contribution in [3.63, 3.8) is 0 Å². The number of carbonyl (C=O) groups excluding carboxylic acids is 1. The van der Waals surface area contributed by atoms with Crippen molar-refractivity contribution in [3.8, 4) is 0 Å². The van der Waals surface area contributed by atoms with E-state index in [1.165, 1.54) is 16.9 Å². The van der Waals surface area contributed by atoms with Gasteiger partial charge in [-0.25, -0.2) is 4.98 Å². The summed E-state index contributed by atoms with van der Waals surface area (Å²) in [7, 11) is 0. The van der Waals surface area contributed by atoms with Crippen molar-refractivity contribution in [2.75, 3.05) is 5.32 Å². The summed E-state index contributed by atoms with van der Waals surface area (Å²) in [4.78, 5) is 17.3. The first-order chi connectivity index (χ1) is 11.1. The lowest BCUT2D eigenvalue weighted by Gasteiger charge is -2.15. The molecule has 1 aliphatic rings. The van der Waals surface area contributed by atoms with Crippen LogP contribution in [0.5, 0.6) is 0 Å². The number of benzene rings is 2. The molecule has 1 fully saturated rings. The highest BCUT2D eigenvalue weighted by Gasteiger charge is 2.52. The van der Waals surface area contributed by atoms with E-state index < -0.39 is 5.41 Å². The van der Waals surface area contributed by atoms with Crippen molar-refractivity contribution in [2.45, 2.75) is 25.2 Å². The van der Waals surface area contributed by atoms with E-state index in [9.17, 15) is 4.79 Å². The van der Waals surface area contributed by atoms with Crippen LogP contribution in [0, 0.1) is 6.92 Å². The van der Waals surface area contributed by atoms with Gasteiger partial charge in [-0.2, -0.15) is 0 Å². The maximum Gasteiger partial charge on any atom is 0.236 e. The summed E-state index contributed by atoms with van der Waals surface area (Å²) in [5.41, 5.74) is 2.52. The van der Waals surface area contributed by atoms with Crippen molar-refractivity contribution >= 4 is 44.2 Å². The number of aromatic nitrogens is 1. The van der Waals surface area contributed by atoms with Crippen LogP contribution in [0.2, 0.25) is 5.02 Å². The Kier molecular flexibility index (Phi) is 3.39. The summed E-state index contributed by atoms with van der Waals surface area (Å²) in [6, 6.07) is 13.7. The Labute approximate surface area is 143 Å². The third-order valence-corrected chi connectivity index (χ3v) is 5.60. The number of rotatable bonds is 3. The minimum Gasteiger partial charge on any atom is -0.301 e. The van der Waals surface area contributed by atoms with E-state index >= 15 is 0 Å². The van der Waals surface area contributed by atoms with Gasteiger partial charge in [-0.05, 0) is 49.1 Å². The molecule has 3 aromatic rings. The fourth-order valence-corrected chi connectivity index (χ4v) is 4.17. The van der Waals surface area contributed by atoms with Crippen LogP contribution in [0.4, 0.5) is 5.13 Å². The summed E-state index contributed by atoms with van der Waals surface area (Å²) in [5, 5.41) is 4.29. The van der Waals surface area contributed by atoms with Crippen LogP contribution in [0.1, 0.15) is 24.0 Å². The van der Waals surface area contributed by atoms with Gasteiger partial charge in [-0.3, -0.25) is 4.79 Å². The van der Waals surface area contributed by atoms with Crippen molar-refractivity contribution in [1.82, 2.24) is 4.98 Å². The summed E-state index contributed by atoms with van der Waals surface area (Å²) in [6.45, 7) is 2.05. The predicted octanol–water partition coefficient (Wildman–Crippen LogP) is 4.93. The Morgan fingerprint density at radius 3 is 2.78 bits per heavy atom. The number of hydrogen-bond donors (Lipinski definition) is 1. The topological polar surface area (TPSA) is 42.0 Å². The van der Waals surface area contributed by atoms with Crippen molar-refractivity contribution in [2.24, 2.45) is 0 Å². The molecule has 0 aliphatic heterocycles. The lowest BCUT2D eigenvalue weighted by Crippen LogP contribution is -2.28. The summed E-state index contributed by atoms with van der Waals surface area (Å²) in [5.74, 6) is -0.0126. The molecule has 1 saturated carbocycles. The molecule has 1 N–H and O–H groups in total. The van der Waals surface area contributed by atoms with Crippen LogP contribution in [0.15, 0.2) is 42.5 Å². The van der Waals surface area contributed by atoms with E-state index in [1.54, 1.807) is 0 Å². The maximum absolute atomic E-state index is 12.8. The van der Waals surface area contributed by atoms with Crippen LogP contribution < -0.4 is 5.32 Å². The highest BCUT2D eigenvalue weighted by molar-refractivity contribution is 7.22. The zero-order valence-electron chi connectivity index (χ0n) is 12.6. The first-order valence-electron chi connectivity index (χ1n) is 7.52. The Morgan fingerprint density at radius 2 is 2.04 bits per heavy atom. The lowest BCUT2D eigenvalue weighted by molar-refractivity contribution is -0.118. The van der Waals surface area contributed by atoms with E-state index in [4.69, 9.17) is 11.6 Å². The molecular weight excluding hydrogens is 328 g/mol. The Bertz CT molecular complexity index is 914. The monoisotopic (exact) mass is 342 g/mol. The van der Waals surface area contributed by atoms with Gasteiger partial charge in [0, 0.05) is 5.02 Å². The molecule has 0 atom stereocenters. The maximum atomic E-state index is 12.8. The SMILES string of the molecule is Cc1ccc2nc(NC(=O)C3(c4ccccc4Cl)CC3)sc2c1. The number of anilines is 1. The number of nitrogens with zero attached hydrogens (tertiary/aromatic N) is 1. The third-order valence-electron chi connectivity index (χ3n) is 4.34. The molecular formula is C18H15ClN2OS. The van der Waals surface area contributed by atoms with Gasteiger partial charge in [0.2, 0.25) is 5.91 Å². The van der Waals surface area contributed by atoms with E-state index in [2.05, 4.69) is 16.4 Å². The zero-order chi connectivity index (χ0) is 16.0. The van der Waals surface area contributed by atoms with Crippen LogP contribution in [-0.4, -0.2) is 10.9 Å². The van der Waals surface area contributed by atoms with Gasteiger partial charge in [-0.1, -0.05) is 47.2 Å². The number of aryl methyl sites for hydroxylation is 1. The molecule has 0 bridgehead atoms. The van der Waals surface area contributed by atoms with Crippen molar-refractivity contribution in [1.29, 1.82) is 0 Å². The lowest BCUT2D eigenvalue weighted by atomic mass is 9.95. The average molecular weight is 343 g/mol. The number of carbonyl (C=O) groups is 1. The van der Waals surface area contributed by atoms with Gasteiger partial charge in [0.25, 0.3) is 0 Å². The molecule has 4 rings (SSSR count). The second kappa shape index (κ2) is 5.32. The quantitative estimate of drug-likeness (QED) is 0.733. The molecule has 0 saturated heterocycles. The third kappa shape index (κ3) is 2.52. The highest BCUT2D eigenvalue weighted by atomic mass is 35.5. The van der Waals surface area contributed by atoms with E-state index in [0.29, 0.717) is 10.2 Å². The Morgan fingerprint density at radius 1 is 1.26 bits per heavy atom. The van der Waals surface area contributed by atoms with Gasteiger partial charge in [0.1, 0.15) is 0 Å². The summed E-state index contributed by atoms with van der Waals surface area (Å²) < 4.78 is 1.09. The van der Waals surface area contributed by atoms with Gasteiger partial charge < -0.3 is 5.32 Å². The molecule has 23 heavy (non-hydrogen) atoms. The van der Waals surface area contributed by atoms with Gasteiger partial charge in [0.05, 0.1) is 15.6 Å². The molecule has 0 unspecified atom stereocenters. The Balaban J connectivity index is 1.63. The number of hydrogen-bond acceptors (Lipinski definition) is 3. The van der Waals surface area contributed by atoms with Gasteiger partial charge in [0.15, 0.2) is 5.13 Å². The van der Waals surface area contributed by atoms with E-state index in [-0.39, 0.29) is 5.91 Å². The van der Waals surface area contributed by atoms with Crippen LogP contribution >= 0.6 is 22.9 Å². The highest BCUT2D eigenvalue weighted by Crippen LogP contribution is 2.51. The van der Waals surface area contributed by atoms with Gasteiger partial charge >= 0.3 is 0 Å². The second-order valence-electron chi connectivity index (χ2n) is 6.01. The number of thiazole rings is 1. The average Bonchev–Trinajstić information content (AvgIpc) is 3.23.